The highest BCUT2D eigenvalue weighted by Gasteiger charge is 2.01. The van der Waals surface area contributed by atoms with Gasteiger partial charge in [0.2, 0.25) is 6.39 Å². The van der Waals surface area contributed by atoms with Gasteiger partial charge in [0.15, 0.2) is 5.82 Å². The molecule has 0 amide bonds. The summed E-state index contributed by atoms with van der Waals surface area (Å²) in [7, 11) is 0. The normalized spacial score (nSPS) is 8.90. The molecule has 0 aliphatic heterocycles. The molecule has 0 aliphatic carbocycles. The summed E-state index contributed by atoms with van der Waals surface area (Å²) in [6.07, 6.45) is 1.34. The molecule has 1 heterocycles. The smallest absolute Gasteiger partial charge is 0.213 e. The first-order valence-electron chi connectivity index (χ1n) is 3.57. The van der Waals surface area contributed by atoms with Crippen molar-refractivity contribution in [2.45, 2.75) is 33.6 Å². The first-order valence-corrected chi connectivity index (χ1v) is 3.57. The summed E-state index contributed by atoms with van der Waals surface area (Å²) >= 11 is 0. The fourth-order valence-corrected chi connectivity index (χ4v) is 0.433. The van der Waals surface area contributed by atoms with Crippen LogP contribution in [0.1, 0.15) is 39.4 Å². The van der Waals surface area contributed by atoms with Gasteiger partial charge in [-0.3, -0.25) is 0 Å². The lowest BCUT2D eigenvalue weighted by atomic mass is 10.2. The third kappa shape index (κ3) is 2.62. The average molecular weight is 142 g/mol. The van der Waals surface area contributed by atoms with Crippen molar-refractivity contribution in [3.63, 3.8) is 0 Å². The maximum atomic E-state index is 4.51. The van der Waals surface area contributed by atoms with Crippen LogP contribution in [0.2, 0.25) is 0 Å². The molecule has 0 bridgehead atoms. The van der Waals surface area contributed by atoms with Gasteiger partial charge >= 0.3 is 0 Å². The summed E-state index contributed by atoms with van der Waals surface area (Å²) in [6.45, 7) is 8.04. The standard InChI is InChI=1S/C5H8N2O.C2H6/c1-4(2)5-6-3-8-7-5;1-2/h3-4H,1-2H3;1-2H3. The van der Waals surface area contributed by atoms with E-state index in [9.17, 15) is 0 Å². The van der Waals surface area contributed by atoms with E-state index in [1.54, 1.807) is 0 Å². The largest absolute Gasteiger partial charge is 0.343 e. The van der Waals surface area contributed by atoms with Crippen LogP contribution in [0.15, 0.2) is 10.9 Å². The lowest BCUT2D eigenvalue weighted by molar-refractivity contribution is 0.407. The zero-order valence-electron chi connectivity index (χ0n) is 6.96. The third-order valence-electron chi connectivity index (χ3n) is 0.895. The molecule has 0 fully saturated rings. The van der Waals surface area contributed by atoms with Crippen LogP contribution in [0.25, 0.3) is 0 Å². The summed E-state index contributed by atoms with van der Waals surface area (Å²) in [5.74, 6) is 1.14. The number of hydrogen-bond donors (Lipinski definition) is 0. The van der Waals surface area contributed by atoms with Gasteiger partial charge in [-0.25, -0.2) is 0 Å². The summed E-state index contributed by atoms with van der Waals surface area (Å²) < 4.78 is 4.51. The Bertz CT molecular complexity index is 147. The Morgan fingerprint density at radius 2 is 2.00 bits per heavy atom. The Balaban J connectivity index is 0.000000371. The van der Waals surface area contributed by atoms with Crippen LogP contribution in [0.4, 0.5) is 0 Å². The van der Waals surface area contributed by atoms with E-state index in [1.165, 1.54) is 6.39 Å². The molecule has 0 spiro atoms. The molecule has 0 unspecified atom stereocenters. The average Bonchev–Trinajstić information content (AvgIpc) is 2.42. The van der Waals surface area contributed by atoms with Crippen LogP contribution in [0.5, 0.6) is 0 Å². The molecule has 1 aromatic heterocycles. The van der Waals surface area contributed by atoms with Crippen molar-refractivity contribution >= 4 is 0 Å². The van der Waals surface area contributed by atoms with Gasteiger partial charge in [-0.15, -0.1) is 0 Å². The van der Waals surface area contributed by atoms with Crippen molar-refractivity contribution in [3.05, 3.63) is 12.2 Å². The van der Waals surface area contributed by atoms with E-state index in [4.69, 9.17) is 0 Å². The molecule has 58 valence electrons. The van der Waals surface area contributed by atoms with Gasteiger partial charge in [0.25, 0.3) is 0 Å². The Morgan fingerprint density at radius 1 is 1.40 bits per heavy atom. The van der Waals surface area contributed by atoms with E-state index in [2.05, 4.69) is 14.7 Å². The molecule has 1 aromatic rings. The van der Waals surface area contributed by atoms with Crippen molar-refractivity contribution in [3.8, 4) is 0 Å². The van der Waals surface area contributed by atoms with E-state index in [0.717, 1.165) is 5.82 Å². The molecule has 0 N–H and O–H groups in total. The highest BCUT2D eigenvalue weighted by Crippen LogP contribution is 2.05. The minimum atomic E-state index is 0.369. The van der Waals surface area contributed by atoms with Crippen LogP contribution >= 0.6 is 0 Å². The molecule has 0 aliphatic rings. The van der Waals surface area contributed by atoms with Gasteiger partial charge in [-0.2, -0.15) is 4.98 Å². The molecule has 10 heavy (non-hydrogen) atoms. The van der Waals surface area contributed by atoms with Crippen LogP contribution < -0.4 is 0 Å². The second-order valence-corrected chi connectivity index (χ2v) is 1.94. The van der Waals surface area contributed by atoms with Crippen LogP contribution in [0, 0.1) is 0 Å². The predicted octanol–water partition coefficient (Wildman–Crippen LogP) is 2.22. The number of nitrogens with zero attached hydrogens (tertiary/aromatic N) is 2. The highest BCUT2D eigenvalue weighted by atomic mass is 16.5. The van der Waals surface area contributed by atoms with Gasteiger partial charge in [-0.05, 0) is 0 Å². The second-order valence-electron chi connectivity index (χ2n) is 1.94. The zero-order chi connectivity index (χ0) is 7.98. The van der Waals surface area contributed by atoms with E-state index in [0.29, 0.717) is 5.92 Å². The lowest BCUT2D eigenvalue weighted by Crippen LogP contribution is -1.87. The molecule has 3 nitrogen and oxygen atoms in total. The molecule has 0 saturated heterocycles. The maximum absolute atomic E-state index is 4.51. The van der Waals surface area contributed by atoms with Crippen molar-refractivity contribution in [1.82, 2.24) is 10.1 Å². The molecule has 0 aromatic carbocycles. The van der Waals surface area contributed by atoms with Crippen molar-refractivity contribution in [2.75, 3.05) is 0 Å². The first-order chi connectivity index (χ1) is 4.80. The molecule has 0 saturated carbocycles. The summed E-state index contributed by atoms with van der Waals surface area (Å²) in [5, 5.41) is 3.63. The van der Waals surface area contributed by atoms with E-state index in [1.807, 2.05) is 27.7 Å². The van der Waals surface area contributed by atoms with Crippen LogP contribution in [-0.2, 0) is 0 Å². The molecular formula is C7H14N2O. The van der Waals surface area contributed by atoms with Crippen LogP contribution in [-0.4, -0.2) is 10.1 Å². The molecule has 1 rings (SSSR count). The zero-order valence-corrected chi connectivity index (χ0v) is 6.96. The second kappa shape index (κ2) is 4.97. The van der Waals surface area contributed by atoms with Gasteiger partial charge in [0.05, 0.1) is 0 Å². The van der Waals surface area contributed by atoms with Gasteiger partial charge in [0, 0.05) is 5.92 Å². The SMILES string of the molecule is CC.CC(C)c1ncon1. The van der Waals surface area contributed by atoms with Gasteiger partial charge in [0.1, 0.15) is 0 Å². The van der Waals surface area contributed by atoms with E-state index in [-0.39, 0.29) is 0 Å². The van der Waals surface area contributed by atoms with E-state index < -0.39 is 0 Å². The molecule has 0 radical (unpaired) electrons. The monoisotopic (exact) mass is 142 g/mol. The molecule has 3 heteroatoms. The predicted molar refractivity (Wildman–Crippen MR) is 39.7 cm³/mol. The van der Waals surface area contributed by atoms with E-state index >= 15 is 0 Å². The van der Waals surface area contributed by atoms with Crippen LogP contribution in [0.3, 0.4) is 0 Å². The fraction of sp³-hybridized carbons (Fsp3) is 0.714. The maximum Gasteiger partial charge on any atom is 0.213 e. The Morgan fingerprint density at radius 3 is 2.20 bits per heavy atom. The first kappa shape index (κ1) is 9.14. The third-order valence-corrected chi connectivity index (χ3v) is 0.895. The summed E-state index contributed by atoms with van der Waals surface area (Å²) in [5.41, 5.74) is 0. The Labute approximate surface area is 61.4 Å². The number of hydrogen-bond acceptors (Lipinski definition) is 3. The molecule has 0 atom stereocenters. The summed E-state index contributed by atoms with van der Waals surface area (Å²) in [6, 6.07) is 0. The lowest BCUT2D eigenvalue weighted by Gasteiger charge is -1.90. The number of aromatic nitrogens is 2. The minimum Gasteiger partial charge on any atom is -0.343 e. The highest BCUT2D eigenvalue weighted by molar-refractivity contribution is 4.84. The topological polar surface area (TPSA) is 38.9 Å². The van der Waals surface area contributed by atoms with Gasteiger partial charge < -0.3 is 4.52 Å². The summed E-state index contributed by atoms with van der Waals surface area (Å²) in [4.78, 5) is 3.84. The quantitative estimate of drug-likeness (QED) is 0.603. The number of rotatable bonds is 1. The fourth-order valence-electron chi connectivity index (χ4n) is 0.433. The Kier molecular flexibility index (Phi) is 4.54. The minimum absolute atomic E-state index is 0.369. The van der Waals surface area contributed by atoms with Crippen molar-refractivity contribution in [1.29, 1.82) is 0 Å². The van der Waals surface area contributed by atoms with Crippen molar-refractivity contribution < 1.29 is 4.52 Å². The van der Waals surface area contributed by atoms with Crippen molar-refractivity contribution in [2.24, 2.45) is 0 Å². The van der Waals surface area contributed by atoms with Gasteiger partial charge in [-0.1, -0.05) is 32.9 Å². The Hall–Kier alpha value is -0.860. The molecular weight excluding hydrogens is 128 g/mol.